The van der Waals surface area contributed by atoms with E-state index in [1.807, 2.05) is 0 Å². The van der Waals surface area contributed by atoms with Gasteiger partial charge in [0.25, 0.3) is 0 Å². The topological polar surface area (TPSA) is 69.7 Å². The summed E-state index contributed by atoms with van der Waals surface area (Å²) in [5.74, 6) is -2.14. The van der Waals surface area contributed by atoms with Gasteiger partial charge >= 0.3 is 18.2 Å². The Bertz CT molecular complexity index is 867. The first-order chi connectivity index (χ1) is 13.1. The first-order valence-corrected chi connectivity index (χ1v) is 8.26. The number of ether oxygens (including phenoxy) is 2. The van der Waals surface area contributed by atoms with Crippen LogP contribution in [0.3, 0.4) is 0 Å². The third-order valence-corrected chi connectivity index (χ3v) is 3.72. The molecule has 0 aliphatic heterocycles. The van der Waals surface area contributed by atoms with E-state index in [1.165, 1.54) is 0 Å². The number of hydrogen-bond donors (Lipinski definition) is 0. The van der Waals surface area contributed by atoms with Crippen LogP contribution >= 0.6 is 0 Å². The number of Topliss-reactive ketones (excluding diaryl/α,β-unsaturated/α-hetero) is 1. The van der Waals surface area contributed by atoms with E-state index in [4.69, 9.17) is 9.47 Å². The van der Waals surface area contributed by atoms with Crippen LogP contribution in [0.2, 0.25) is 0 Å². The molecule has 3 rings (SSSR count). The maximum Gasteiger partial charge on any atom is 0.341 e. The first kappa shape index (κ1) is 18.1. The fourth-order valence-corrected chi connectivity index (χ4v) is 2.35. The Hall–Kier alpha value is -3.73. The van der Waals surface area contributed by atoms with Gasteiger partial charge in [0.15, 0.2) is 0 Å². The summed E-state index contributed by atoms with van der Waals surface area (Å²) in [6, 6.07) is 24.6. The second-order valence-corrected chi connectivity index (χ2v) is 5.60. The second-order valence-electron chi connectivity index (χ2n) is 5.60. The molecule has 0 unspecified atom stereocenters. The van der Waals surface area contributed by atoms with Gasteiger partial charge in [0.1, 0.15) is 0 Å². The molecule has 0 N–H and O–H groups in total. The van der Waals surface area contributed by atoms with E-state index in [2.05, 4.69) is 0 Å². The summed E-state index contributed by atoms with van der Waals surface area (Å²) in [4.78, 5) is 37.4. The minimum absolute atomic E-state index is 0.249. The standard InChI is InChI=1S/C22H16O5/c23-19(16-10-4-1-5-11-16)22(26-20(24)17-12-6-2-7-13-17)27-21(25)18-14-8-3-9-15-18/h1-15,22H. The molecular weight excluding hydrogens is 344 g/mol. The van der Waals surface area contributed by atoms with E-state index < -0.39 is 24.0 Å². The molecule has 0 bridgehead atoms. The molecule has 0 aliphatic carbocycles. The minimum atomic E-state index is -1.69. The van der Waals surface area contributed by atoms with Crippen LogP contribution in [-0.4, -0.2) is 24.0 Å². The highest BCUT2D eigenvalue weighted by molar-refractivity contribution is 6.02. The number of benzene rings is 3. The summed E-state index contributed by atoms with van der Waals surface area (Å²) in [6.45, 7) is 0. The lowest BCUT2D eigenvalue weighted by Gasteiger charge is -2.17. The van der Waals surface area contributed by atoms with Gasteiger partial charge in [-0.2, -0.15) is 0 Å². The third kappa shape index (κ3) is 4.67. The Morgan fingerprint density at radius 1 is 0.519 bits per heavy atom. The van der Waals surface area contributed by atoms with Crippen molar-refractivity contribution in [2.45, 2.75) is 6.29 Å². The van der Waals surface area contributed by atoms with Crippen LogP contribution in [0, 0.1) is 0 Å². The van der Waals surface area contributed by atoms with Gasteiger partial charge < -0.3 is 9.47 Å². The van der Waals surface area contributed by atoms with Gasteiger partial charge in [0.05, 0.1) is 11.1 Å². The number of ketones is 1. The normalized spacial score (nSPS) is 10.3. The van der Waals surface area contributed by atoms with E-state index in [-0.39, 0.29) is 16.7 Å². The van der Waals surface area contributed by atoms with E-state index in [1.54, 1.807) is 91.0 Å². The fraction of sp³-hybridized carbons (Fsp3) is 0.0455. The van der Waals surface area contributed by atoms with Crippen LogP contribution in [0.15, 0.2) is 91.0 Å². The lowest BCUT2D eigenvalue weighted by atomic mass is 10.1. The number of carbonyl (C=O) groups excluding carboxylic acids is 3. The van der Waals surface area contributed by atoms with Crippen molar-refractivity contribution >= 4 is 17.7 Å². The van der Waals surface area contributed by atoms with Crippen LogP contribution in [0.4, 0.5) is 0 Å². The molecule has 27 heavy (non-hydrogen) atoms. The van der Waals surface area contributed by atoms with E-state index in [9.17, 15) is 14.4 Å². The molecule has 0 amide bonds. The molecular formula is C22H16O5. The molecule has 0 aromatic heterocycles. The Morgan fingerprint density at radius 2 is 0.852 bits per heavy atom. The molecule has 0 aliphatic rings. The van der Waals surface area contributed by atoms with Crippen molar-refractivity contribution in [2.75, 3.05) is 0 Å². The van der Waals surface area contributed by atoms with Gasteiger partial charge in [-0.05, 0) is 24.3 Å². The zero-order chi connectivity index (χ0) is 19.1. The van der Waals surface area contributed by atoms with E-state index >= 15 is 0 Å². The fourth-order valence-electron chi connectivity index (χ4n) is 2.35. The third-order valence-electron chi connectivity index (χ3n) is 3.72. The monoisotopic (exact) mass is 360 g/mol. The quantitative estimate of drug-likeness (QED) is 0.379. The number of hydrogen-bond acceptors (Lipinski definition) is 5. The summed E-state index contributed by atoms with van der Waals surface area (Å²) < 4.78 is 10.4. The Morgan fingerprint density at radius 3 is 1.22 bits per heavy atom. The van der Waals surface area contributed by atoms with Gasteiger partial charge in [-0.1, -0.05) is 66.7 Å². The smallest absolute Gasteiger partial charge is 0.341 e. The molecule has 0 radical (unpaired) electrons. The van der Waals surface area contributed by atoms with Crippen LogP contribution in [-0.2, 0) is 9.47 Å². The van der Waals surface area contributed by atoms with Crippen molar-refractivity contribution in [2.24, 2.45) is 0 Å². The Kier molecular flexibility index (Phi) is 5.74. The van der Waals surface area contributed by atoms with Gasteiger partial charge in [-0.3, -0.25) is 4.79 Å². The van der Waals surface area contributed by atoms with Gasteiger partial charge in [-0.15, -0.1) is 0 Å². The van der Waals surface area contributed by atoms with Crippen LogP contribution in [0.25, 0.3) is 0 Å². The molecule has 0 fully saturated rings. The van der Waals surface area contributed by atoms with Crippen LogP contribution in [0.1, 0.15) is 31.1 Å². The molecule has 134 valence electrons. The maximum absolute atomic E-state index is 12.7. The van der Waals surface area contributed by atoms with Crippen molar-refractivity contribution in [3.8, 4) is 0 Å². The summed E-state index contributed by atoms with van der Waals surface area (Å²) in [6.07, 6.45) is -1.69. The Labute approximate surface area is 156 Å². The van der Waals surface area contributed by atoms with E-state index in [0.717, 1.165) is 0 Å². The summed E-state index contributed by atoms with van der Waals surface area (Å²) >= 11 is 0. The molecule has 0 atom stereocenters. The van der Waals surface area contributed by atoms with Crippen molar-refractivity contribution < 1.29 is 23.9 Å². The van der Waals surface area contributed by atoms with Crippen LogP contribution in [0.5, 0.6) is 0 Å². The molecule has 0 saturated heterocycles. The van der Waals surface area contributed by atoms with Crippen molar-refractivity contribution in [1.82, 2.24) is 0 Å². The molecule has 3 aromatic rings. The summed E-state index contributed by atoms with van der Waals surface area (Å²) in [5, 5.41) is 0. The van der Waals surface area contributed by atoms with Crippen molar-refractivity contribution in [3.63, 3.8) is 0 Å². The molecule has 3 aromatic carbocycles. The van der Waals surface area contributed by atoms with Gasteiger partial charge in [0.2, 0.25) is 5.78 Å². The summed E-state index contributed by atoms with van der Waals surface area (Å²) in [5.41, 5.74) is 0.766. The average molecular weight is 360 g/mol. The van der Waals surface area contributed by atoms with Gasteiger partial charge in [-0.25, -0.2) is 9.59 Å². The zero-order valence-corrected chi connectivity index (χ0v) is 14.3. The lowest BCUT2D eigenvalue weighted by molar-refractivity contribution is -0.0614. The first-order valence-electron chi connectivity index (χ1n) is 8.26. The molecule has 0 spiro atoms. The number of carbonyl (C=O) groups is 3. The number of rotatable bonds is 6. The minimum Gasteiger partial charge on any atom is -0.413 e. The van der Waals surface area contributed by atoms with Crippen molar-refractivity contribution in [1.29, 1.82) is 0 Å². The second kappa shape index (κ2) is 8.58. The predicted molar refractivity (Wildman–Crippen MR) is 98.3 cm³/mol. The molecule has 0 saturated carbocycles. The van der Waals surface area contributed by atoms with E-state index in [0.29, 0.717) is 0 Å². The molecule has 5 heteroatoms. The maximum atomic E-state index is 12.7. The SMILES string of the molecule is O=C(OC(OC(=O)c1ccccc1)C(=O)c1ccccc1)c1ccccc1. The lowest BCUT2D eigenvalue weighted by Crippen LogP contribution is -2.32. The number of esters is 2. The largest absolute Gasteiger partial charge is 0.413 e. The average Bonchev–Trinajstić information content (AvgIpc) is 2.74. The predicted octanol–water partition coefficient (Wildman–Crippen LogP) is 3.91. The molecule has 5 nitrogen and oxygen atoms in total. The highest BCUT2D eigenvalue weighted by atomic mass is 16.7. The highest BCUT2D eigenvalue weighted by Gasteiger charge is 2.29. The van der Waals surface area contributed by atoms with Crippen LogP contribution < -0.4 is 0 Å². The van der Waals surface area contributed by atoms with Crippen molar-refractivity contribution in [3.05, 3.63) is 108 Å². The summed E-state index contributed by atoms with van der Waals surface area (Å²) in [7, 11) is 0. The molecule has 0 heterocycles. The highest BCUT2D eigenvalue weighted by Crippen LogP contribution is 2.13. The van der Waals surface area contributed by atoms with Gasteiger partial charge in [0, 0.05) is 5.56 Å². The Balaban J connectivity index is 1.83. The zero-order valence-electron chi connectivity index (χ0n) is 14.3.